The van der Waals surface area contributed by atoms with Gasteiger partial charge in [0.05, 0.1) is 17.7 Å². The Morgan fingerprint density at radius 2 is 1.92 bits per heavy atom. The van der Waals surface area contributed by atoms with E-state index >= 15 is 0 Å². The van der Waals surface area contributed by atoms with Gasteiger partial charge in [0.25, 0.3) is 0 Å². The zero-order valence-corrected chi connectivity index (χ0v) is 15.8. The predicted octanol–water partition coefficient (Wildman–Crippen LogP) is 3.52. The normalized spacial score (nSPS) is 17.8. The van der Waals surface area contributed by atoms with Gasteiger partial charge in [0.2, 0.25) is 0 Å². The molecule has 2 atom stereocenters. The Balaban J connectivity index is 1.50. The van der Waals surface area contributed by atoms with Gasteiger partial charge in [-0.05, 0) is 30.2 Å². The van der Waals surface area contributed by atoms with Gasteiger partial charge in [-0.3, -0.25) is 4.79 Å². The predicted molar refractivity (Wildman–Crippen MR) is 102 cm³/mol. The molecular formula is C21H20BrN2O2+. The van der Waals surface area contributed by atoms with Crippen LogP contribution >= 0.6 is 15.9 Å². The van der Waals surface area contributed by atoms with Crippen LogP contribution in [-0.2, 0) is 13.1 Å². The largest absolute Gasteiger partial charge is 0.388 e. The first-order valence-electron chi connectivity index (χ1n) is 8.73. The van der Waals surface area contributed by atoms with Crippen LogP contribution in [0.5, 0.6) is 0 Å². The second-order valence-corrected chi connectivity index (χ2v) is 7.54. The quantitative estimate of drug-likeness (QED) is 0.667. The molecule has 2 aromatic heterocycles. The number of rotatable bonds is 4. The van der Waals surface area contributed by atoms with Crippen LogP contribution in [0.3, 0.4) is 0 Å². The molecule has 3 heterocycles. The zero-order valence-electron chi connectivity index (χ0n) is 14.3. The number of fused-ring (bicyclic) bond motifs is 1. The molecule has 4 nitrogen and oxygen atoms in total. The van der Waals surface area contributed by atoms with Gasteiger partial charge in [0, 0.05) is 34.9 Å². The third-order valence-electron chi connectivity index (χ3n) is 5.05. The van der Waals surface area contributed by atoms with Gasteiger partial charge in [-0.15, -0.1) is 0 Å². The number of ketones is 1. The molecule has 26 heavy (non-hydrogen) atoms. The van der Waals surface area contributed by atoms with E-state index < -0.39 is 6.10 Å². The summed E-state index contributed by atoms with van der Waals surface area (Å²) in [6.07, 6.45) is 5.71. The number of halogens is 1. The second kappa shape index (κ2) is 7.17. The van der Waals surface area contributed by atoms with Crippen LogP contribution in [0.25, 0.3) is 0 Å². The molecule has 0 aliphatic carbocycles. The number of carbonyl (C=O) groups excluding carboxylic acids is 1. The number of aryl methyl sites for hydroxylation is 1. The summed E-state index contributed by atoms with van der Waals surface area (Å²) in [4.78, 5) is 12.6. The summed E-state index contributed by atoms with van der Waals surface area (Å²) < 4.78 is 5.10. The van der Waals surface area contributed by atoms with Crippen LogP contribution < -0.4 is 4.57 Å². The minimum atomic E-state index is -0.774. The van der Waals surface area contributed by atoms with Gasteiger partial charge < -0.3 is 9.67 Å². The summed E-state index contributed by atoms with van der Waals surface area (Å²) in [5.74, 6) is -0.352. The van der Waals surface area contributed by atoms with E-state index in [9.17, 15) is 9.90 Å². The van der Waals surface area contributed by atoms with E-state index in [4.69, 9.17) is 0 Å². The van der Waals surface area contributed by atoms with E-state index in [1.165, 1.54) is 5.56 Å². The number of aliphatic hydroxyl groups excluding tert-OH is 1. The highest BCUT2D eigenvalue weighted by Crippen LogP contribution is 2.31. The molecular weight excluding hydrogens is 392 g/mol. The number of hydrogen-bond donors (Lipinski definition) is 1. The van der Waals surface area contributed by atoms with E-state index in [-0.39, 0.29) is 11.7 Å². The number of carbonyl (C=O) groups is 1. The van der Waals surface area contributed by atoms with Crippen molar-refractivity contribution in [3.8, 4) is 0 Å². The maximum Gasteiger partial charge on any atom is 0.185 e. The first-order chi connectivity index (χ1) is 12.6. The molecule has 1 aliphatic rings. The lowest BCUT2D eigenvalue weighted by atomic mass is 9.86. The van der Waals surface area contributed by atoms with E-state index in [0.717, 1.165) is 23.1 Å². The molecule has 0 fully saturated rings. The Bertz CT molecular complexity index is 933. The average Bonchev–Trinajstić information content (AvgIpc) is 3.14. The molecule has 132 valence electrons. The highest BCUT2D eigenvalue weighted by molar-refractivity contribution is 9.10. The molecule has 1 aromatic carbocycles. The van der Waals surface area contributed by atoms with Crippen molar-refractivity contribution in [2.45, 2.75) is 25.6 Å². The SMILES string of the molecule is O=C1c2cccn2CCC1C(O)c1cc[n+](Cc2ccccc2Br)cc1. The van der Waals surface area contributed by atoms with Crippen molar-refractivity contribution in [3.63, 3.8) is 0 Å². The maximum absolute atomic E-state index is 12.6. The van der Waals surface area contributed by atoms with Crippen molar-refractivity contribution in [1.29, 1.82) is 0 Å². The molecule has 1 aliphatic heterocycles. The number of aromatic nitrogens is 2. The van der Waals surface area contributed by atoms with Gasteiger partial charge in [-0.2, -0.15) is 0 Å². The van der Waals surface area contributed by atoms with Crippen LogP contribution in [0.15, 0.2) is 71.6 Å². The monoisotopic (exact) mass is 411 g/mol. The average molecular weight is 412 g/mol. The summed E-state index contributed by atoms with van der Waals surface area (Å²) >= 11 is 3.57. The molecule has 0 saturated heterocycles. The van der Waals surface area contributed by atoms with Crippen LogP contribution in [0.2, 0.25) is 0 Å². The summed E-state index contributed by atoms with van der Waals surface area (Å²) in [6, 6.07) is 15.6. The van der Waals surface area contributed by atoms with Gasteiger partial charge in [-0.1, -0.05) is 34.1 Å². The van der Waals surface area contributed by atoms with Gasteiger partial charge >= 0.3 is 0 Å². The Labute approximate surface area is 160 Å². The van der Waals surface area contributed by atoms with Crippen LogP contribution in [-0.4, -0.2) is 15.5 Å². The highest BCUT2D eigenvalue weighted by Gasteiger charge is 2.33. The van der Waals surface area contributed by atoms with E-state index in [0.29, 0.717) is 12.1 Å². The van der Waals surface area contributed by atoms with Crippen LogP contribution in [0.4, 0.5) is 0 Å². The third-order valence-corrected chi connectivity index (χ3v) is 5.82. The number of Topliss-reactive ketones (excluding diaryl/α,β-unsaturated/α-hetero) is 1. The Morgan fingerprint density at radius 3 is 2.69 bits per heavy atom. The number of aliphatic hydroxyl groups is 1. The minimum Gasteiger partial charge on any atom is -0.388 e. The summed E-state index contributed by atoms with van der Waals surface area (Å²) in [6.45, 7) is 1.51. The molecule has 0 spiro atoms. The van der Waals surface area contributed by atoms with Gasteiger partial charge in [0.15, 0.2) is 24.7 Å². The highest BCUT2D eigenvalue weighted by atomic mass is 79.9. The first kappa shape index (κ1) is 17.2. The maximum atomic E-state index is 12.6. The molecule has 4 rings (SSSR count). The molecule has 0 bridgehead atoms. The summed E-state index contributed by atoms with van der Waals surface area (Å²) in [7, 11) is 0. The fourth-order valence-corrected chi connectivity index (χ4v) is 3.97. The van der Waals surface area contributed by atoms with Crippen molar-refractivity contribution in [1.82, 2.24) is 4.57 Å². The fraction of sp³-hybridized carbons (Fsp3) is 0.238. The lowest BCUT2D eigenvalue weighted by molar-refractivity contribution is -0.688. The molecule has 3 aromatic rings. The zero-order chi connectivity index (χ0) is 18.1. The van der Waals surface area contributed by atoms with Gasteiger partial charge in [-0.25, -0.2) is 4.57 Å². The lowest BCUT2D eigenvalue weighted by Gasteiger charge is -2.27. The topological polar surface area (TPSA) is 46.1 Å². The van der Waals surface area contributed by atoms with Crippen LogP contribution in [0, 0.1) is 5.92 Å². The molecule has 2 unspecified atom stereocenters. The van der Waals surface area contributed by atoms with E-state index in [1.807, 2.05) is 65.6 Å². The Morgan fingerprint density at radius 1 is 1.15 bits per heavy atom. The van der Waals surface area contributed by atoms with E-state index in [1.54, 1.807) is 0 Å². The second-order valence-electron chi connectivity index (χ2n) is 6.69. The Kier molecular flexibility index (Phi) is 4.74. The fourth-order valence-electron chi connectivity index (χ4n) is 3.56. The van der Waals surface area contributed by atoms with E-state index in [2.05, 4.69) is 26.6 Å². The number of hydrogen-bond acceptors (Lipinski definition) is 2. The Hall–Kier alpha value is -2.24. The molecule has 1 N–H and O–H groups in total. The number of benzene rings is 1. The third kappa shape index (κ3) is 3.24. The standard InChI is InChI=1S/C21H20BrN2O2/c22-18-5-2-1-4-16(18)14-23-11-7-15(8-12-23)20(25)17-9-13-24-10-3-6-19(24)21(17)26/h1-8,10-12,17,20,25H,9,13-14H2/q+1. The number of nitrogens with zero attached hydrogens (tertiary/aromatic N) is 2. The summed E-state index contributed by atoms with van der Waals surface area (Å²) in [5.41, 5.74) is 2.67. The lowest BCUT2D eigenvalue weighted by Crippen LogP contribution is -2.34. The molecule has 0 amide bonds. The number of pyridine rings is 1. The van der Waals surface area contributed by atoms with Crippen molar-refractivity contribution in [2.75, 3.05) is 0 Å². The smallest absolute Gasteiger partial charge is 0.185 e. The van der Waals surface area contributed by atoms with Crippen molar-refractivity contribution in [2.24, 2.45) is 5.92 Å². The molecule has 0 saturated carbocycles. The first-order valence-corrected chi connectivity index (χ1v) is 9.52. The molecule has 5 heteroatoms. The molecule has 0 radical (unpaired) electrons. The van der Waals surface area contributed by atoms with Crippen molar-refractivity contribution < 1.29 is 14.5 Å². The minimum absolute atomic E-state index is 0.0266. The summed E-state index contributed by atoms with van der Waals surface area (Å²) in [5, 5.41) is 10.8. The van der Waals surface area contributed by atoms with Crippen molar-refractivity contribution >= 4 is 21.7 Å². The van der Waals surface area contributed by atoms with Crippen molar-refractivity contribution in [3.05, 3.63) is 88.4 Å². The van der Waals surface area contributed by atoms with Gasteiger partial charge in [0.1, 0.15) is 0 Å². The van der Waals surface area contributed by atoms with Crippen LogP contribution in [0.1, 0.15) is 34.1 Å².